The molecule has 1 aromatic carbocycles. The molecule has 3 heterocycles. The van der Waals surface area contributed by atoms with Crippen molar-refractivity contribution in [2.75, 3.05) is 13.1 Å². The van der Waals surface area contributed by atoms with Crippen molar-refractivity contribution in [1.29, 1.82) is 0 Å². The molecule has 0 amide bonds. The first-order chi connectivity index (χ1) is 12.1. The summed E-state index contributed by atoms with van der Waals surface area (Å²) in [6.07, 6.45) is 2.42. The Balaban J connectivity index is 1.64. The van der Waals surface area contributed by atoms with Crippen LogP contribution in [0.4, 0.5) is 0 Å². The van der Waals surface area contributed by atoms with E-state index in [0.29, 0.717) is 18.1 Å². The first-order valence-electron chi connectivity index (χ1n) is 8.86. The lowest BCUT2D eigenvalue weighted by atomic mass is 9.99. The minimum absolute atomic E-state index is 0.114. The van der Waals surface area contributed by atoms with Gasteiger partial charge in [0.2, 0.25) is 0 Å². The zero-order valence-corrected chi connectivity index (χ0v) is 14.7. The van der Waals surface area contributed by atoms with Crippen molar-refractivity contribution in [1.82, 2.24) is 24.5 Å². The summed E-state index contributed by atoms with van der Waals surface area (Å²) < 4.78 is 1.42. The number of fused-ring (bicyclic) bond motifs is 1. The molecule has 0 bridgehead atoms. The van der Waals surface area contributed by atoms with E-state index in [1.807, 2.05) is 31.2 Å². The van der Waals surface area contributed by atoms with Crippen molar-refractivity contribution in [2.45, 2.75) is 33.2 Å². The number of piperidine rings is 1. The van der Waals surface area contributed by atoms with Crippen molar-refractivity contribution in [3.8, 4) is 11.4 Å². The van der Waals surface area contributed by atoms with Crippen LogP contribution in [0.25, 0.3) is 17.2 Å². The van der Waals surface area contributed by atoms with E-state index in [4.69, 9.17) is 0 Å². The Bertz CT molecular complexity index is 950. The van der Waals surface area contributed by atoms with Gasteiger partial charge < -0.3 is 0 Å². The highest BCUT2D eigenvalue weighted by molar-refractivity contribution is 5.57. The van der Waals surface area contributed by atoms with Gasteiger partial charge >= 0.3 is 0 Å². The predicted octanol–water partition coefficient (Wildman–Crippen LogP) is 2.62. The zero-order valence-electron chi connectivity index (χ0n) is 14.7. The van der Waals surface area contributed by atoms with Crippen molar-refractivity contribution in [3.63, 3.8) is 0 Å². The van der Waals surface area contributed by atoms with Crippen LogP contribution in [-0.4, -0.2) is 37.6 Å². The lowest BCUT2D eigenvalue weighted by molar-refractivity contribution is 0.183. The third-order valence-corrected chi connectivity index (χ3v) is 4.94. The van der Waals surface area contributed by atoms with Gasteiger partial charge in [0.25, 0.3) is 11.3 Å². The van der Waals surface area contributed by atoms with Gasteiger partial charge in [0.05, 0.1) is 5.69 Å². The number of likely N-dealkylation sites (tertiary alicyclic amines) is 1. The van der Waals surface area contributed by atoms with Crippen LogP contribution in [-0.2, 0) is 6.54 Å². The second-order valence-corrected chi connectivity index (χ2v) is 7.12. The smallest absolute Gasteiger partial charge is 0.274 e. The Hall–Kier alpha value is -2.47. The summed E-state index contributed by atoms with van der Waals surface area (Å²) in [6, 6.07) is 9.65. The van der Waals surface area contributed by atoms with Crippen molar-refractivity contribution >= 4 is 5.78 Å². The highest BCUT2D eigenvalue weighted by atomic mass is 16.1. The van der Waals surface area contributed by atoms with Gasteiger partial charge in [-0.25, -0.2) is 4.98 Å². The number of aryl methyl sites for hydroxylation is 1. The van der Waals surface area contributed by atoms with Crippen molar-refractivity contribution in [3.05, 3.63) is 51.9 Å². The molecule has 0 atom stereocenters. The van der Waals surface area contributed by atoms with Gasteiger partial charge in [-0.1, -0.05) is 30.7 Å². The monoisotopic (exact) mass is 337 g/mol. The first kappa shape index (κ1) is 16.0. The quantitative estimate of drug-likeness (QED) is 0.798. The van der Waals surface area contributed by atoms with E-state index in [1.165, 1.54) is 17.4 Å². The molecular formula is C19H23N5O. The molecule has 1 aliphatic rings. The number of nitrogens with one attached hydrogen (secondary N) is 1. The molecule has 3 aromatic rings. The summed E-state index contributed by atoms with van der Waals surface area (Å²) in [5, 5.41) is 3.06. The van der Waals surface area contributed by atoms with Crippen LogP contribution in [0, 0.1) is 12.8 Å². The largest absolute Gasteiger partial charge is 0.297 e. The average molecular weight is 337 g/mol. The Morgan fingerprint density at radius 1 is 1.20 bits per heavy atom. The summed E-state index contributed by atoms with van der Waals surface area (Å²) in [7, 11) is 0. The fourth-order valence-electron chi connectivity index (χ4n) is 3.38. The Labute approximate surface area is 146 Å². The van der Waals surface area contributed by atoms with Crippen LogP contribution in [0.15, 0.2) is 35.1 Å². The lowest BCUT2D eigenvalue weighted by Crippen LogP contribution is -2.33. The van der Waals surface area contributed by atoms with Gasteiger partial charge in [-0.3, -0.25) is 14.8 Å². The van der Waals surface area contributed by atoms with Crippen LogP contribution in [0.1, 0.15) is 31.0 Å². The molecule has 2 aromatic heterocycles. The minimum Gasteiger partial charge on any atom is -0.297 e. The second kappa shape index (κ2) is 6.44. The molecule has 1 aliphatic heterocycles. The van der Waals surface area contributed by atoms with Crippen molar-refractivity contribution in [2.24, 2.45) is 5.92 Å². The zero-order chi connectivity index (χ0) is 17.4. The van der Waals surface area contributed by atoms with Gasteiger partial charge in [0, 0.05) is 18.2 Å². The van der Waals surface area contributed by atoms with E-state index in [2.05, 4.69) is 26.9 Å². The summed E-state index contributed by atoms with van der Waals surface area (Å²) in [5.74, 6) is 1.89. The van der Waals surface area contributed by atoms with Crippen LogP contribution in [0.5, 0.6) is 0 Å². The maximum atomic E-state index is 12.4. The van der Waals surface area contributed by atoms with E-state index in [1.54, 1.807) is 6.07 Å². The van der Waals surface area contributed by atoms with Gasteiger partial charge in [0.15, 0.2) is 5.82 Å². The van der Waals surface area contributed by atoms with E-state index >= 15 is 0 Å². The van der Waals surface area contributed by atoms with E-state index in [-0.39, 0.29) is 5.56 Å². The molecule has 130 valence electrons. The molecule has 0 spiro atoms. The van der Waals surface area contributed by atoms with Crippen LogP contribution >= 0.6 is 0 Å². The SMILES string of the molecule is Cc1cccc(-c2nc3nc(CN4CCC(C)CC4)cc(=O)n3[nH]2)c1. The first-order valence-corrected chi connectivity index (χ1v) is 8.86. The molecule has 1 N–H and O–H groups in total. The minimum atomic E-state index is -0.114. The fraction of sp³-hybridized carbons (Fsp3) is 0.421. The maximum absolute atomic E-state index is 12.4. The molecule has 6 nitrogen and oxygen atoms in total. The van der Waals surface area contributed by atoms with Gasteiger partial charge in [-0.2, -0.15) is 9.50 Å². The van der Waals surface area contributed by atoms with Gasteiger partial charge in [-0.15, -0.1) is 0 Å². The highest BCUT2D eigenvalue weighted by Crippen LogP contribution is 2.18. The van der Waals surface area contributed by atoms with Gasteiger partial charge in [0.1, 0.15) is 0 Å². The molecule has 0 unspecified atom stereocenters. The molecular weight excluding hydrogens is 314 g/mol. The standard InChI is InChI=1S/C19H23N5O/c1-13-6-8-23(9-7-13)12-16-11-17(25)24-19(20-16)21-18(22-24)15-5-3-4-14(2)10-15/h3-5,10-11,13H,6-9,12H2,1-2H3,(H,20,21,22). The molecule has 4 rings (SSSR count). The molecule has 6 heteroatoms. The number of H-pyrrole nitrogens is 1. The van der Waals surface area contributed by atoms with Crippen molar-refractivity contribution < 1.29 is 0 Å². The van der Waals surface area contributed by atoms with Crippen LogP contribution < -0.4 is 5.56 Å². The molecule has 1 saturated heterocycles. The summed E-state index contributed by atoms with van der Waals surface area (Å²) >= 11 is 0. The number of aromatic amines is 1. The number of aromatic nitrogens is 4. The topological polar surface area (TPSA) is 66.3 Å². The summed E-state index contributed by atoms with van der Waals surface area (Å²) in [6.45, 7) is 7.18. The Morgan fingerprint density at radius 2 is 2.00 bits per heavy atom. The fourth-order valence-corrected chi connectivity index (χ4v) is 3.38. The van der Waals surface area contributed by atoms with Crippen LogP contribution in [0.2, 0.25) is 0 Å². The maximum Gasteiger partial charge on any atom is 0.274 e. The molecule has 0 saturated carbocycles. The summed E-state index contributed by atoms with van der Waals surface area (Å²) in [5.41, 5.74) is 2.79. The Kier molecular flexibility index (Phi) is 4.13. The normalized spacial score (nSPS) is 16.6. The number of hydrogen-bond donors (Lipinski definition) is 1. The van der Waals surface area contributed by atoms with E-state index in [0.717, 1.165) is 35.8 Å². The van der Waals surface area contributed by atoms with Crippen LogP contribution in [0.3, 0.4) is 0 Å². The highest BCUT2D eigenvalue weighted by Gasteiger charge is 2.17. The van der Waals surface area contributed by atoms with Gasteiger partial charge in [-0.05, 0) is 44.8 Å². The molecule has 0 radical (unpaired) electrons. The predicted molar refractivity (Wildman–Crippen MR) is 97.5 cm³/mol. The number of benzene rings is 1. The molecule has 1 fully saturated rings. The van der Waals surface area contributed by atoms with E-state index in [9.17, 15) is 4.79 Å². The number of nitrogens with zero attached hydrogens (tertiary/aromatic N) is 4. The summed E-state index contributed by atoms with van der Waals surface area (Å²) in [4.78, 5) is 23.9. The number of hydrogen-bond acceptors (Lipinski definition) is 4. The second-order valence-electron chi connectivity index (χ2n) is 7.12. The number of rotatable bonds is 3. The molecule has 0 aliphatic carbocycles. The third kappa shape index (κ3) is 3.35. The van der Waals surface area contributed by atoms with E-state index < -0.39 is 0 Å². The lowest BCUT2D eigenvalue weighted by Gasteiger charge is -2.29. The molecule has 25 heavy (non-hydrogen) atoms. The Morgan fingerprint density at radius 3 is 2.76 bits per heavy atom. The average Bonchev–Trinajstić information content (AvgIpc) is 3.02. The third-order valence-electron chi connectivity index (χ3n) is 4.94.